The van der Waals surface area contributed by atoms with E-state index >= 15 is 0 Å². The number of carbonyl (C=O) groups excluding carboxylic acids is 1. The quantitative estimate of drug-likeness (QED) is 0.609. The molecule has 8 nitrogen and oxygen atoms in total. The van der Waals surface area contributed by atoms with Gasteiger partial charge in [0.1, 0.15) is 0 Å². The molecule has 0 saturated heterocycles. The van der Waals surface area contributed by atoms with Crippen molar-refractivity contribution in [3.8, 4) is 11.4 Å². The Balaban J connectivity index is 1.63. The standard InChI is InChI=1S/C21H23N5O3/c1-14(2)18(26-24-19(23-25-26)16-6-4-3-5-7-16)20(27)22-13-12-15-8-10-17(11-9-15)21(28)29/h3-11,14,18H,12-13H2,1-2H3,(H,22,27)(H,28,29). The van der Waals surface area contributed by atoms with Crippen LogP contribution in [0.25, 0.3) is 11.4 Å². The summed E-state index contributed by atoms with van der Waals surface area (Å²) in [7, 11) is 0. The number of nitrogens with one attached hydrogen (secondary N) is 1. The van der Waals surface area contributed by atoms with Gasteiger partial charge in [0.05, 0.1) is 5.56 Å². The van der Waals surface area contributed by atoms with Crippen LogP contribution in [0.1, 0.15) is 35.8 Å². The number of aromatic carboxylic acids is 1. The summed E-state index contributed by atoms with van der Waals surface area (Å²) in [6.45, 7) is 4.29. The molecule has 3 aromatic rings. The Kier molecular flexibility index (Phi) is 6.33. The Morgan fingerprint density at radius 1 is 1.07 bits per heavy atom. The second kappa shape index (κ2) is 9.09. The second-order valence-electron chi connectivity index (χ2n) is 7.03. The van der Waals surface area contributed by atoms with E-state index < -0.39 is 12.0 Å². The maximum absolute atomic E-state index is 12.7. The van der Waals surface area contributed by atoms with E-state index in [1.807, 2.05) is 44.2 Å². The zero-order valence-electron chi connectivity index (χ0n) is 16.3. The Morgan fingerprint density at radius 2 is 1.76 bits per heavy atom. The average Bonchev–Trinajstić information content (AvgIpc) is 3.18. The molecule has 29 heavy (non-hydrogen) atoms. The van der Waals surface area contributed by atoms with Crippen molar-refractivity contribution in [2.75, 3.05) is 6.54 Å². The predicted octanol–water partition coefficient (Wildman–Crippen LogP) is 2.59. The predicted molar refractivity (Wildman–Crippen MR) is 107 cm³/mol. The minimum atomic E-state index is -0.958. The highest BCUT2D eigenvalue weighted by molar-refractivity contribution is 5.87. The molecule has 0 radical (unpaired) electrons. The molecule has 0 fully saturated rings. The first-order valence-electron chi connectivity index (χ1n) is 9.40. The van der Waals surface area contributed by atoms with Crippen molar-refractivity contribution < 1.29 is 14.7 Å². The summed E-state index contributed by atoms with van der Waals surface area (Å²) in [5, 5.41) is 24.4. The number of hydrogen-bond donors (Lipinski definition) is 2. The third-order valence-electron chi connectivity index (χ3n) is 4.52. The summed E-state index contributed by atoms with van der Waals surface area (Å²) in [6.07, 6.45) is 0.594. The molecule has 0 aliphatic heterocycles. The molecular formula is C21H23N5O3. The van der Waals surface area contributed by atoms with Gasteiger partial charge in [0.2, 0.25) is 11.7 Å². The Bertz CT molecular complexity index is 967. The van der Waals surface area contributed by atoms with Gasteiger partial charge >= 0.3 is 5.97 Å². The van der Waals surface area contributed by atoms with E-state index in [9.17, 15) is 9.59 Å². The van der Waals surface area contributed by atoms with Gasteiger partial charge in [-0.25, -0.2) is 4.79 Å². The lowest BCUT2D eigenvalue weighted by atomic mass is 10.0. The molecule has 2 aromatic carbocycles. The van der Waals surface area contributed by atoms with Crippen LogP contribution in [-0.4, -0.2) is 43.7 Å². The summed E-state index contributed by atoms with van der Waals surface area (Å²) >= 11 is 0. The molecule has 0 spiro atoms. The van der Waals surface area contributed by atoms with E-state index in [2.05, 4.69) is 20.7 Å². The van der Waals surface area contributed by atoms with Gasteiger partial charge in [0.15, 0.2) is 6.04 Å². The van der Waals surface area contributed by atoms with Crippen molar-refractivity contribution in [3.63, 3.8) is 0 Å². The molecular weight excluding hydrogens is 370 g/mol. The van der Waals surface area contributed by atoms with E-state index in [4.69, 9.17) is 5.11 Å². The van der Waals surface area contributed by atoms with Crippen molar-refractivity contribution in [1.82, 2.24) is 25.5 Å². The van der Waals surface area contributed by atoms with Gasteiger partial charge < -0.3 is 10.4 Å². The number of carboxylic acid groups (broad SMARTS) is 1. The van der Waals surface area contributed by atoms with Crippen LogP contribution in [0, 0.1) is 5.92 Å². The lowest BCUT2D eigenvalue weighted by Crippen LogP contribution is -2.37. The van der Waals surface area contributed by atoms with Crippen molar-refractivity contribution in [2.45, 2.75) is 26.3 Å². The summed E-state index contributed by atoms with van der Waals surface area (Å²) in [5.74, 6) is -0.691. The van der Waals surface area contributed by atoms with Crippen molar-refractivity contribution >= 4 is 11.9 Å². The maximum atomic E-state index is 12.7. The minimum Gasteiger partial charge on any atom is -0.478 e. The molecule has 1 atom stereocenters. The molecule has 2 N–H and O–H groups in total. The third kappa shape index (κ3) is 5.04. The highest BCUT2D eigenvalue weighted by Gasteiger charge is 2.26. The van der Waals surface area contributed by atoms with Crippen LogP contribution in [0.4, 0.5) is 0 Å². The first-order chi connectivity index (χ1) is 14.0. The van der Waals surface area contributed by atoms with Crippen LogP contribution >= 0.6 is 0 Å². The number of nitrogens with zero attached hydrogens (tertiary/aromatic N) is 4. The number of hydrogen-bond acceptors (Lipinski definition) is 5. The first kappa shape index (κ1) is 20.2. The molecule has 1 amide bonds. The number of rotatable bonds is 8. The van der Waals surface area contributed by atoms with Crippen molar-refractivity contribution in [2.24, 2.45) is 5.92 Å². The highest BCUT2D eigenvalue weighted by atomic mass is 16.4. The zero-order chi connectivity index (χ0) is 20.8. The first-order valence-corrected chi connectivity index (χ1v) is 9.40. The largest absolute Gasteiger partial charge is 0.478 e. The maximum Gasteiger partial charge on any atom is 0.335 e. The monoisotopic (exact) mass is 393 g/mol. The van der Waals surface area contributed by atoms with Gasteiger partial charge in [-0.05, 0) is 35.2 Å². The molecule has 0 aliphatic rings. The Labute approximate surface area is 168 Å². The SMILES string of the molecule is CC(C)C(C(=O)NCCc1ccc(C(=O)O)cc1)n1nnc(-c2ccccc2)n1. The van der Waals surface area contributed by atoms with Gasteiger partial charge in [-0.15, -0.1) is 10.2 Å². The molecule has 3 rings (SSSR count). The molecule has 0 aliphatic carbocycles. The fourth-order valence-electron chi connectivity index (χ4n) is 2.97. The number of aromatic nitrogens is 4. The number of amides is 1. The summed E-state index contributed by atoms with van der Waals surface area (Å²) in [5.41, 5.74) is 2.03. The Hall–Kier alpha value is -3.55. The van der Waals surface area contributed by atoms with E-state index in [0.717, 1.165) is 11.1 Å². The molecule has 150 valence electrons. The molecule has 1 aromatic heterocycles. The van der Waals surface area contributed by atoms with Gasteiger partial charge in [0.25, 0.3) is 0 Å². The molecule has 0 saturated carbocycles. The molecule has 1 heterocycles. The van der Waals surface area contributed by atoms with Crippen LogP contribution in [0.15, 0.2) is 54.6 Å². The smallest absolute Gasteiger partial charge is 0.335 e. The number of benzene rings is 2. The third-order valence-corrected chi connectivity index (χ3v) is 4.52. The van der Waals surface area contributed by atoms with Crippen LogP contribution in [0.3, 0.4) is 0 Å². The summed E-state index contributed by atoms with van der Waals surface area (Å²) in [4.78, 5) is 25.0. The van der Waals surface area contributed by atoms with E-state index in [1.165, 1.54) is 4.80 Å². The zero-order valence-corrected chi connectivity index (χ0v) is 16.3. The van der Waals surface area contributed by atoms with E-state index in [0.29, 0.717) is 18.8 Å². The van der Waals surface area contributed by atoms with Gasteiger partial charge in [-0.2, -0.15) is 4.80 Å². The fourth-order valence-corrected chi connectivity index (χ4v) is 2.97. The number of carboxylic acids is 1. The van der Waals surface area contributed by atoms with Crippen LogP contribution in [0.5, 0.6) is 0 Å². The Morgan fingerprint density at radius 3 is 2.38 bits per heavy atom. The molecule has 8 heteroatoms. The van der Waals surface area contributed by atoms with Gasteiger partial charge in [-0.3, -0.25) is 4.79 Å². The second-order valence-corrected chi connectivity index (χ2v) is 7.03. The van der Waals surface area contributed by atoms with Crippen LogP contribution < -0.4 is 5.32 Å². The lowest BCUT2D eigenvalue weighted by Gasteiger charge is -2.18. The summed E-state index contributed by atoms with van der Waals surface area (Å²) in [6, 6.07) is 15.5. The number of tetrazole rings is 1. The van der Waals surface area contributed by atoms with Crippen molar-refractivity contribution in [3.05, 3.63) is 65.7 Å². The molecule has 1 unspecified atom stereocenters. The summed E-state index contributed by atoms with van der Waals surface area (Å²) < 4.78 is 0. The van der Waals surface area contributed by atoms with E-state index in [-0.39, 0.29) is 17.4 Å². The van der Waals surface area contributed by atoms with Gasteiger partial charge in [0, 0.05) is 12.1 Å². The van der Waals surface area contributed by atoms with Gasteiger partial charge in [-0.1, -0.05) is 56.3 Å². The lowest BCUT2D eigenvalue weighted by molar-refractivity contribution is -0.126. The van der Waals surface area contributed by atoms with Crippen LogP contribution in [-0.2, 0) is 11.2 Å². The molecule has 0 bridgehead atoms. The minimum absolute atomic E-state index is 0.0253. The normalized spacial score (nSPS) is 12.0. The van der Waals surface area contributed by atoms with Crippen LogP contribution in [0.2, 0.25) is 0 Å². The highest BCUT2D eigenvalue weighted by Crippen LogP contribution is 2.18. The fraction of sp³-hybridized carbons (Fsp3) is 0.286. The van der Waals surface area contributed by atoms with Crippen molar-refractivity contribution in [1.29, 1.82) is 0 Å². The van der Waals surface area contributed by atoms with E-state index in [1.54, 1.807) is 24.3 Å². The topological polar surface area (TPSA) is 110 Å². The number of carbonyl (C=O) groups is 2. The average molecular weight is 393 g/mol.